The Labute approximate surface area is 194 Å². The first-order chi connectivity index (χ1) is 15.9. The molecule has 3 aromatic rings. The fourth-order valence-electron chi connectivity index (χ4n) is 3.06. The molecule has 7 heteroatoms. The van der Waals surface area contributed by atoms with Gasteiger partial charge in [-0.2, -0.15) is 4.99 Å². The van der Waals surface area contributed by atoms with Crippen LogP contribution < -0.4 is 4.74 Å². The fourth-order valence-corrected chi connectivity index (χ4v) is 3.15. The van der Waals surface area contributed by atoms with Gasteiger partial charge in [0.15, 0.2) is 11.6 Å². The van der Waals surface area contributed by atoms with Gasteiger partial charge >= 0.3 is 0 Å². The normalized spacial score (nSPS) is 10.2. The zero-order valence-electron chi connectivity index (χ0n) is 17.7. The second kappa shape index (κ2) is 11.4. The molecular weight excluding hydrogens is 450 g/mol. The molecule has 0 saturated carbocycles. The Morgan fingerprint density at radius 2 is 1.45 bits per heavy atom. The number of rotatable bonds is 7. The molecule has 0 N–H and O–H groups in total. The van der Waals surface area contributed by atoms with Crippen LogP contribution in [0.2, 0.25) is 0 Å². The number of isothiocyanates is 1. The molecule has 0 fully saturated rings. The molecule has 0 aliphatic heterocycles. The van der Waals surface area contributed by atoms with E-state index in [1.807, 2.05) is 5.16 Å². The van der Waals surface area contributed by atoms with Crippen molar-refractivity contribution in [2.75, 3.05) is 6.61 Å². The van der Waals surface area contributed by atoms with Crippen LogP contribution in [0.1, 0.15) is 37.3 Å². The maximum Gasteiger partial charge on any atom is 0.153 e. The predicted molar refractivity (Wildman–Crippen MR) is 124 cm³/mol. The molecule has 0 unspecified atom stereocenters. The lowest BCUT2D eigenvalue weighted by Crippen LogP contribution is -1.99. The molecule has 3 aromatic carbocycles. The number of nitrogens with zero attached hydrogens (tertiary/aromatic N) is 1. The SMILES string of the molecule is CCCCCOc1cc(F)c(C#Cc2ccc(-c3cc(F)c(N=C=S)c(F)c3)cc2)c(F)c1. The minimum absolute atomic E-state index is 0.123. The molecule has 3 rings (SSSR count). The lowest BCUT2D eigenvalue weighted by Gasteiger charge is -2.07. The maximum atomic E-state index is 14.3. The molecule has 0 saturated heterocycles. The van der Waals surface area contributed by atoms with Crippen LogP contribution in [0.5, 0.6) is 5.75 Å². The van der Waals surface area contributed by atoms with E-state index in [9.17, 15) is 17.6 Å². The highest BCUT2D eigenvalue weighted by atomic mass is 32.1. The Hall–Kier alpha value is -3.46. The summed E-state index contributed by atoms with van der Waals surface area (Å²) in [5.74, 6) is 1.96. The summed E-state index contributed by atoms with van der Waals surface area (Å²) in [5.41, 5.74) is 0.425. The standard InChI is InChI=1S/C26H19F4NOS/c1-2-3-4-11-32-20-14-22(27)21(23(28)15-20)10-7-17-5-8-18(9-6-17)19-12-24(29)26(31-16-33)25(30)13-19/h5-6,8-9,12-15H,2-4,11H2,1H3. The second-order valence-electron chi connectivity index (χ2n) is 7.14. The molecule has 0 amide bonds. The summed E-state index contributed by atoms with van der Waals surface area (Å²) in [7, 11) is 0. The number of ether oxygens (including phenoxy) is 1. The van der Waals surface area contributed by atoms with Crippen LogP contribution in [0.3, 0.4) is 0 Å². The minimum Gasteiger partial charge on any atom is -0.493 e. The van der Waals surface area contributed by atoms with Gasteiger partial charge < -0.3 is 4.74 Å². The minimum atomic E-state index is -0.866. The van der Waals surface area contributed by atoms with Crippen molar-refractivity contribution in [3.8, 4) is 28.7 Å². The van der Waals surface area contributed by atoms with Crippen molar-refractivity contribution >= 4 is 23.1 Å². The Morgan fingerprint density at radius 1 is 0.818 bits per heavy atom. The zero-order chi connectivity index (χ0) is 23.8. The second-order valence-corrected chi connectivity index (χ2v) is 7.32. The van der Waals surface area contributed by atoms with Crippen LogP contribution in [0.4, 0.5) is 23.2 Å². The van der Waals surface area contributed by atoms with E-state index in [1.165, 1.54) is 0 Å². The van der Waals surface area contributed by atoms with Crippen molar-refractivity contribution in [1.29, 1.82) is 0 Å². The number of hydrogen-bond acceptors (Lipinski definition) is 3. The first kappa shape index (κ1) is 24.2. The van der Waals surface area contributed by atoms with Gasteiger partial charge in [-0.05, 0) is 54.0 Å². The molecule has 0 atom stereocenters. The van der Waals surface area contributed by atoms with E-state index in [0.717, 1.165) is 43.5 Å². The number of hydrogen-bond donors (Lipinski definition) is 0. The lowest BCUT2D eigenvalue weighted by atomic mass is 10.0. The van der Waals surface area contributed by atoms with E-state index in [-0.39, 0.29) is 11.3 Å². The van der Waals surface area contributed by atoms with E-state index in [2.05, 4.69) is 36.0 Å². The quantitative estimate of drug-likeness (QED) is 0.117. The Bertz CT molecular complexity index is 1210. The third-order valence-corrected chi connectivity index (χ3v) is 4.85. The number of unbranched alkanes of at least 4 members (excludes halogenated alkanes) is 2. The van der Waals surface area contributed by atoms with Gasteiger partial charge in [-0.1, -0.05) is 43.7 Å². The highest BCUT2D eigenvalue weighted by Crippen LogP contribution is 2.29. The van der Waals surface area contributed by atoms with Crippen LogP contribution in [0.15, 0.2) is 53.5 Å². The highest BCUT2D eigenvalue weighted by Gasteiger charge is 2.12. The lowest BCUT2D eigenvalue weighted by molar-refractivity contribution is 0.303. The molecule has 0 radical (unpaired) electrons. The molecule has 0 spiro atoms. The van der Waals surface area contributed by atoms with Crippen LogP contribution >= 0.6 is 12.2 Å². The average Bonchev–Trinajstić information content (AvgIpc) is 2.79. The molecule has 2 nitrogen and oxygen atoms in total. The van der Waals surface area contributed by atoms with E-state index in [4.69, 9.17) is 4.74 Å². The Morgan fingerprint density at radius 3 is 2.03 bits per heavy atom. The van der Waals surface area contributed by atoms with Crippen molar-refractivity contribution in [3.05, 3.63) is 82.9 Å². The average molecular weight is 470 g/mol. The van der Waals surface area contributed by atoms with Crippen molar-refractivity contribution in [3.63, 3.8) is 0 Å². The summed E-state index contributed by atoms with van der Waals surface area (Å²) >= 11 is 4.39. The molecule has 0 aromatic heterocycles. The summed E-state index contributed by atoms with van der Waals surface area (Å²) in [6, 6.07) is 10.9. The fraction of sp³-hybridized carbons (Fsp3) is 0.192. The molecular formula is C26H19F4NOS. The van der Waals surface area contributed by atoms with E-state index < -0.39 is 29.0 Å². The van der Waals surface area contributed by atoms with E-state index >= 15 is 0 Å². The predicted octanol–water partition coefficient (Wildman–Crippen LogP) is 7.61. The molecule has 0 aliphatic rings. The number of aliphatic imine (C=N–C) groups is 1. The molecule has 33 heavy (non-hydrogen) atoms. The van der Waals surface area contributed by atoms with Crippen molar-refractivity contribution < 1.29 is 22.3 Å². The number of halogens is 4. The summed E-state index contributed by atoms with van der Waals surface area (Å²) in [5, 5.41) is 1.94. The Kier molecular flexibility index (Phi) is 8.37. The van der Waals surface area contributed by atoms with Crippen molar-refractivity contribution in [1.82, 2.24) is 0 Å². The van der Waals surface area contributed by atoms with Gasteiger partial charge in [0.1, 0.15) is 23.1 Å². The van der Waals surface area contributed by atoms with E-state index in [0.29, 0.717) is 23.3 Å². The van der Waals surface area contributed by atoms with Crippen LogP contribution in [0.25, 0.3) is 11.1 Å². The third-order valence-electron chi connectivity index (χ3n) is 4.76. The monoisotopic (exact) mass is 469 g/mol. The molecule has 0 bridgehead atoms. The summed E-state index contributed by atoms with van der Waals surface area (Å²) < 4.78 is 62.1. The van der Waals surface area contributed by atoms with E-state index in [1.54, 1.807) is 24.3 Å². The first-order valence-electron chi connectivity index (χ1n) is 10.2. The largest absolute Gasteiger partial charge is 0.493 e. The molecule has 168 valence electrons. The summed E-state index contributed by atoms with van der Waals surface area (Å²) in [6.45, 7) is 2.44. The zero-order valence-corrected chi connectivity index (χ0v) is 18.5. The van der Waals surface area contributed by atoms with Gasteiger partial charge in [0.25, 0.3) is 0 Å². The van der Waals surface area contributed by atoms with Gasteiger partial charge in [-0.25, -0.2) is 17.6 Å². The van der Waals surface area contributed by atoms with Gasteiger partial charge in [0.05, 0.1) is 17.3 Å². The topological polar surface area (TPSA) is 21.6 Å². The van der Waals surface area contributed by atoms with Crippen LogP contribution in [-0.4, -0.2) is 11.8 Å². The smallest absolute Gasteiger partial charge is 0.153 e. The molecule has 0 heterocycles. The van der Waals surface area contributed by atoms with Crippen LogP contribution in [0, 0.1) is 35.1 Å². The van der Waals surface area contributed by atoms with Crippen LogP contribution in [-0.2, 0) is 0 Å². The van der Waals surface area contributed by atoms with Gasteiger partial charge in [-0.15, -0.1) is 0 Å². The Balaban J connectivity index is 1.78. The number of thiocarbonyl (C=S) groups is 1. The van der Waals surface area contributed by atoms with Crippen molar-refractivity contribution in [2.24, 2.45) is 4.99 Å². The molecule has 0 aliphatic carbocycles. The number of benzene rings is 3. The van der Waals surface area contributed by atoms with Gasteiger partial charge in [0, 0.05) is 17.7 Å². The highest BCUT2D eigenvalue weighted by molar-refractivity contribution is 7.78. The first-order valence-corrected chi connectivity index (χ1v) is 10.6. The summed E-state index contributed by atoms with van der Waals surface area (Å²) in [4.78, 5) is 3.38. The summed E-state index contributed by atoms with van der Waals surface area (Å²) in [6.07, 6.45) is 2.80. The van der Waals surface area contributed by atoms with Gasteiger partial charge in [0.2, 0.25) is 0 Å². The maximum absolute atomic E-state index is 14.3. The van der Waals surface area contributed by atoms with Gasteiger partial charge in [-0.3, -0.25) is 0 Å². The third kappa shape index (κ3) is 6.29. The van der Waals surface area contributed by atoms with Crippen molar-refractivity contribution in [2.45, 2.75) is 26.2 Å².